The Kier molecular flexibility index (Phi) is 9.83. The van der Waals surface area contributed by atoms with Gasteiger partial charge in [0.2, 0.25) is 0 Å². The monoisotopic (exact) mass is 826 g/mol. The molecular weight excluding hydrogens is 786 g/mol. The summed E-state index contributed by atoms with van der Waals surface area (Å²) in [7, 11) is 0. The van der Waals surface area contributed by atoms with Crippen molar-refractivity contribution in [1.82, 2.24) is 19.5 Å². The first-order chi connectivity index (χ1) is 30.5. The first-order valence-electron chi connectivity index (χ1n) is 20.9. The Labute approximate surface area is 364 Å². The molecule has 2 heterocycles. The molecule has 0 aliphatic rings. The summed E-state index contributed by atoms with van der Waals surface area (Å²) in [6.07, 6.45) is -4.53. The number of benzene rings is 8. The highest BCUT2D eigenvalue weighted by atomic mass is 19.4. The predicted molar refractivity (Wildman–Crippen MR) is 251 cm³/mol. The molecule has 0 amide bonds. The van der Waals surface area contributed by atoms with Gasteiger partial charge in [-0.2, -0.15) is 13.2 Å². The Hall–Kier alpha value is -7.64. The number of hydrogen-bond acceptors (Lipinski definition) is 3. The third kappa shape index (κ3) is 7.46. The third-order valence-electron chi connectivity index (χ3n) is 11.9. The maximum atomic E-state index is 14.3. The number of halogens is 3. The number of hydrogen-bond donors (Lipinski definition) is 0. The summed E-state index contributed by atoms with van der Waals surface area (Å²) in [5, 5.41) is 2.16. The van der Waals surface area contributed by atoms with Gasteiger partial charge in [0.1, 0.15) is 0 Å². The number of rotatable bonds is 7. The van der Waals surface area contributed by atoms with Crippen LogP contribution in [-0.4, -0.2) is 19.5 Å². The highest BCUT2D eigenvalue weighted by Crippen LogP contribution is 2.42. The van der Waals surface area contributed by atoms with Gasteiger partial charge in [-0.15, -0.1) is 0 Å². The quantitative estimate of drug-likeness (QED) is 0.161. The van der Waals surface area contributed by atoms with Crippen LogP contribution in [0.25, 0.3) is 95.0 Å². The van der Waals surface area contributed by atoms with Crippen molar-refractivity contribution in [2.75, 3.05) is 0 Å². The summed E-state index contributed by atoms with van der Waals surface area (Å²) in [5.41, 5.74) is 14.5. The zero-order valence-electron chi connectivity index (χ0n) is 35.2. The number of fused-ring (bicyclic) bond motifs is 3. The molecule has 10 rings (SSSR count). The first kappa shape index (κ1) is 39.5. The molecule has 306 valence electrons. The van der Waals surface area contributed by atoms with Crippen LogP contribution in [0.5, 0.6) is 0 Å². The fourth-order valence-electron chi connectivity index (χ4n) is 8.81. The van der Waals surface area contributed by atoms with Crippen molar-refractivity contribution < 1.29 is 13.2 Å². The maximum absolute atomic E-state index is 14.3. The molecule has 0 aliphatic carbocycles. The normalized spacial score (nSPS) is 11.7. The van der Waals surface area contributed by atoms with Crippen LogP contribution in [0.15, 0.2) is 176 Å². The van der Waals surface area contributed by atoms with Gasteiger partial charge in [-0.3, -0.25) is 0 Å². The molecule has 63 heavy (non-hydrogen) atoms. The zero-order chi connectivity index (χ0) is 43.4. The smallest absolute Gasteiger partial charge is 0.309 e. The molecule has 0 fully saturated rings. The predicted octanol–water partition coefficient (Wildman–Crippen LogP) is 15.2. The van der Waals surface area contributed by atoms with Gasteiger partial charge in [0, 0.05) is 33.2 Å². The number of alkyl halides is 3. The van der Waals surface area contributed by atoms with Crippen molar-refractivity contribution >= 4 is 21.8 Å². The van der Waals surface area contributed by atoms with Gasteiger partial charge < -0.3 is 4.57 Å². The van der Waals surface area contributed by atoms with Crippen molar-refractivity contribution in [3.63, 3.8) is 0 Å². The van der Waals surface area contributed by atoms with Gasteiger partial charge in [0.25, 0.3) is 0 Å². The Morgan fingerprint density at radius 2 is 0.857 bits per heavy atom. The highest BCUT2D eigenvalue weighted by molar-refractivity contribution is 6.12. The van der Waals surface area contributed by atoms with E-state index in [4.69, 9.17) is 15.0 Å². The topological polar surface area (TPSA) is 43.6 Å². The van der Waals surface area contributed by atoms with Gasteiger partial charge in [-0.25, -0.2) is 15.0 Å². The van der Waals surface area contributed by atoms with Gasteiger partial charge in [0.05, 0.1) is 16.6 Å². The van der Waals surface area contributed by atoms with Crippen LogP contribution in [0.4, 0.5) is 13.2 Å². The molecule has 0 aliphatic heterocycles. The van der Waals surface area contributed by atoms with Crippen molar-refractivity contribution in [2.24, 2.45) is 0 Å². The van der Waals surface area contributed by atoms with Gasteiger partial charge in [0.15, 0.2) is 17.5 Å². The van der Waals surface area contributed by atoms with E-state index in [0.717, 1.165) is 55.8 Å². The Balaban J connectivity index is 1.25. The van der Waals surface area contributed by atoms with Crippen LogP contribution in [0.1, 0.15) is 27.8 Å². The third-order valence-corrected chi connectivity index (χ3v) is 11.9. The number of aromatic nitrogens is 4. The maximum Gasteiger partial charge on any atom is 0.416 e. The van der Waals surface area contributed by atoms with Crippen LogP contribution in [0.3, 0.4) is 0 Å². The second kappa shape index (κ2) is 15.7. The molecule has 0 N–H and O–H groups in total. The van der Waals surface area contributed by atoms with E-state index in [1.165, 1.54) is 45.5 Å². The standard InChI is InChI=1S/C56H41F3N4/c1-34-18-23-45(36(3)28-34)41-20-26-51-48(31-41)49-32-42(46-24-19-35(2)29-37(46)4)21-27-52(49)63(51)44-22-25-47(40-16-11-17-43(30-40)56(57,58)59)50(33-44)55-61-53(38-12-7-5-8-13-38)60-54(62-55)39-14-9-6-10-15-39/h5-33H,1-4H3. The summed E-state index contributed by atoms with van der Waals surface area (Å²) >= 11 is 0. The second-order valence-electron chi connectivity index (χ2n) is 16.3. The van der Waals surface area contributed by atoms with E-state index in [2.05, 4.69) is 105 Å². The lowest BCUT2D eigenvalue weighted by atomic mass is 9.95. The van der Waals surface area contributed by atoms with E-state index in [0.29, 0.717) is 34.2 Å². The van der Waals surface area contributed by atoms with Crippen molar-refractivity contribution in [3.05, 3.63) is 204 Å². The van der Waals surface area contributed by atoms with E-state index in [9.17, 15) is 13.2 Å². The van der Waals surface area contributed by atoms with Crippen LogP contribution < -0.4 is 0 Å². The minimum atomic E-state index is -4.53. The summed E-state index contributed by atoms with van der Waals surface area (Å²) in [5.74, 6) is 1.25. The van der Waals surface area contributed by atoms with Gasteiger partial charge >= 0.3 is 6.18 Å². The molecule has 10 aromatic rings. The molecule has 0 bridgehead atoms. The SMILES string of the molecule is Cc1ccc(-c2ccc3c(c2)c2cc(-c4ccc(C)cc4C)ccc2n3-c2ccc(-c3cccc(C(F)(F)F)c3)c(-c3nc(-c4ccccc4)nc(-c4ccccc4)n3)c2)c(C)c1. The van der Waals surface area contributed by atoms with E-state index in [-0.39, 0.29) is 0 Å². The van der Waals surface area contributed by atoms with Crippen molar-refractivity contribution in [3.8, 4) is 73.2 Å². The molecule has 2 aromatic heterocycles. The first-order valence-corrected chi connectivity index (χ1v) is 20.9. The minimum Gasteiger partial charge on any atom is -0.309 e. The highest BCUT2D eigenvalue weighted by Gasteiger charge is 2.31. The number of nitrogens with zero attached hydrogens (tertiary/aromatic N) is 4. The second-order valence-corrected chi connectivity index (χ2v) is 16.3. The summed E-state index contributed by atoms with van der Waals surface area (Å²) < 4.78 is 45.0. The lowest BCUT2D eigenvalue weighted by Gasteiger charge is -2.16. The lowest BCUT2D eigenvalue weighted by Crippen LogP contribution is -2.05. The van der Waals surface area contributed by atoms with Gasteiger partial charge in [-0.05, 0) is 121 Å². The Morgan fingerprint density at radius 3 is 1.37 bits per heavy atom. The molecular formula is C56H41F3N4. The van der Waals surface area contributed by atoms with E-state index in [1.54, 1.807) is 6.07 Å². The van der Waals surface area contributed by atoms with E-state index < -0.39 is 11.7 Å². The molecule has 0 spiro atoms. The molecule has 0 saturated carbocycles. The van der Waals surface area contributed by atoms with Crippen molar-refractivity contribution in [1.29, 1.82) is 0 Å². The molecule has 0 saturated heterocycles. The average molecular weight is 827 g/mol. The molecule has 4 nitrogen and oxygen atoms in total. The molecule has 8 aromatic carbocycles. The van der Waals surface area contributed by atoms with Crippen LogP contribution >= 0.6 is 0 Å². The minimum absolute atomic E-state index is 0.340. The zero-order valence-corrected chi connectivity index (χ0v) is 35.2. The largest absolute Gasteiger partial charge is 0.416 e. The van der Waals surface area contributed by atoms with E-state index >= 15 is 0 Å². The fourth-order valence-corrected chi connectivity index (χ4v) is 8.81. The molecule has 7 heteroatoms. The van der Waals surface area contributed by atoms with Crippen LogP contribution in [0.2, 0.25) is 0 Å². The Bertz CT molecular complexity index is 3200. The van der Waals surface area contributed by atoms with E-state index in [1.807, 2.05) is 78.9 Å². The molecule has 0 radical (unpaired) electrons. The van der Waals surface area contributed by atoms with Crippen LogP contribution in [-0.2, 0) is 6.18 Å². The fraction of sp³-hybridized carbons (Fsp3) is 0.0893. The average Bonchev–Trinajstić information content (AvgIpc) is 3.62. The summed E-state index contributed by atoms with van der Waals surface area (Å²) in [4.78, 5) is 15.1. The van der Waals surface area contributed by atoms with Crippen molar-refractivity contribution in [2.45, 2.75) is 33.9 Å². The molecule has 0 atom stereocenters. The summed E-state index contributed by atoms with van der Waals surface area (Å²) in [6, 6.07) is 57.0. The lowest BCUT2D eigenvalue weighted by molar-refractivity contribution is -0.137. The summed E-state index contributed by atoms with van der Waals surface area (Å²) in [6.45, 7) is 8.51. The number of aryl methyl sites for hydroxylation is 4. The Morgan fingerprint density at radius 1 is 0.381 bits per heavy atom. The van der Waals surface area contributed by atoms with Crippen LogP contribution in [0, 0.1) is 27.7 Å². The van der Waals surface area contributed by atoms with Gasteiger partial charge in [-0.1, -0.05) is 139 Å². The molecule has 0 unspecified atom stereocenters.